The van der Waals surface area contributed by atoms with E-state index in [0.717, 1.165) is 23.3 Å². The Hall–Kier alpha value is -4.27. The molecular weight excluding hydrogens is 512 g/mol. The quantitative estimate of drug-likeness (QED) is 0.182. The zero-order chi connectivity index (χ0) is 28.2. The molecule has 0 aliphatic heterocycles. The highest BCUT2D eigenvalue weighted by atomic mass is 19.4. The van der Waals surface area contributed by atoms with Gasteiger partial charge in [0.2, 0.25) is 0 Å². The number of halogens is 4. The molecule has 0 aliphatic carbocycles. The van der Waals surface area contributed by atoms with Crippen LogP contribution in [0.2, 0.25) is 0 Å². The second-order valence-corrected chi connectivity index (χ2v) is 9.37. The van der Waals surface area contributed by atoms with Gasteiger partial charge in [-0.15, -0.1) is 0 Å². The van der Waals surface area contributed by atoms with E-state index in [1.165, 1.54) is 29.2 Å². The number of unbranched alkanes of at least 4 members (excludes halogenated alkanes) is 1. The van der Waals surface area contributed by atoms with E-state index in [1.807, 2.05) is 6.07 Å². The number of nitrogens with zero attached hydrogens (tertiary/aromatic N) is 2. The smallest absolute Gasteiger partial charge is 0.416 e. The van der Waals surface area contributed by atoms with E-state index >= 15 is 0 Å². The highest BCUT2D eigenvalue weighted by Gasteiger charge is 2.30. The molecule has 0 atom stereocenters. The Kier molecular flexibility index (Phi) is 8.28. The van der Waals surface area contributed by atoms with Gasteiger partial charge >= 0.3 is 12.1 Å². The number of benzene rings is 3. The molecule has 202 valence electrons. The molecule has 4 rings (SSSR count). The molecule has 1 N–H and O–H groups in total. The molecule has 1 heterocycles. The summed E-state index contributed by atoms with van der Waals surface area (Å²) in [4.78, 5) is 30.2. The van der Waals surface area contributed by atoms with Gasteiger partial charge in [-0.05, 0) is 91.1 Å². The second kappa shape index (κ2) is 11.6. The maximum atomic E-state index is 13.5. The number of aliphatic carboxylic acids is 1. The first-order valence-electron chi connectivity index (χ1n) is 12.3. The van der Waals surface area contributed by atoms with Crippen molar-refractivity contribution in [2.75, 3.05) is 7.05 Å². The lowest BCUT2D eigenvalue weighted by Crippen LogP contribution is -2.26. The largest absolute Gasteiger partial charge is 0.481 e. The third-order valence-corrected chi connectivity index (χ3v) is 6.39. The maximum absolute atomic E-state index is 13.5. The summed E-state index contributed by atoms with van der Waals surface area (Å²) in [5, 5.41) is 9.66. The summed E-state index contributed by atoms with van der Waals surface area (Å²) in [5.74, 6) is -1.54. The van der Waals surface area contributed by atoms with Gasteiger partial charge in [-0.1, -0.05) is 12.1 Å². The number of aromatic nitrogens is 1. The van der Waals surface area contributed by atoms with Gasteiger partial charge in [-0.25, -0.2) is 9.37 Å². The van der Waals surface area contributed by atoms with Crippen molar-refractivity contribution in [1.29, 1.82) is 0 Å². The van der Waals surface area contributed by atoms with Gasteiger partial charge in [0.15, 0.2) is 0 Å². The molecule has 4 aromatic rings. The fourth-order valence-corrected chi connectivity index (χ4v) is 4.36. The highest BCUT2D eigenvalue weighted by molar-refractivity contribution is 5.98. The Balaban J connectivity index is 1.59. The number of aryl methyl sites for hydroxylation is 1. The van der Waals surface area contributed by atoms with Crippen molar-refractivity contribution in [3.05, 3.63) is 101 Å². The van der Waals surface area contributed by atoms with Crippen LogP contribution in [0.4, 0.5) is 17.6 Å². The van der Waals surface area contributed by atoms with E-state index < -0.39 is 17.7 Å². The molecule has 0 radical (unpaired) electrons. The van der Waals surface area contributed by atoms with Crippen molar-refractivity contribution in [3.8, 4) is 11.3 Å². The van der Waals surface area contributed by atoms with Gasteiger partial charge < -0.3 is 10.0 Å². The van der Waals surface area contributed by atoms with Gasteiger partial charge in [0.1, 0.15) is 5.82 Å². The number of hydrogen-bond acceptors (Lipinski definition) is 3. The molecule has 39 heavy (non-hydrogen) atoms. The molecular formula is C30H26F4N2O3. The van der Waals surface area contributed by atoms with Crippen LogP contribution in [0.25, 0.3) is 22.2 Å². The Labute approximate surface area is 222 Å². The minimum Gasteiger partial charge on any atom is -0.481 e. The first-order chi connectivity index (χ1) is 18.5. The summed E-state index contributed by atoms with van der Waals surface area (Å²) in [7, 11) is 1.58. The van der Waals surface area contributed by atoms with E-state index in [4.69, 9.17) is 10.1 Å². The summed E-state index contributed by atoms with van der Waals surface area (Å²) in [6.07, 6.45) is -2.72. The number of fused-ring (bicyclic) bond motifs is 1. The van der Waals surface area contributed by atoms with Crippen LogP contribution in [0, 0.1) is 5.82 Å². The summed E-state index contributed by atoms with van der Waals surface area (Å²) in [6, 6.07) is 17.6. The number of rotatable bonds is 9. The monoisotopic (exact) mass is 538 g/mol. The van der Waals surface area contributed by atoms with Crippen LogP contribution in [0.3, 0.4) is 0 Å². The van der Waals surface area contributed by atoms with Crippen molar-refractivity contribution in [2.24, 2.45) is 0 Å². The fraction of sp³-hybridized carbons (Fsp3) is 0.233. The topological polar surface area (TPSA) is 70.5 Å². The van der Waals surface area contributed by atoms with Gasteiger partial charge in [0.25, 0.3) is 5.91 Å². The molecule has 5 nitrogen and oxygen atoms in total. The Morgan fingerprint density at radius 2 is 1.62 bits per heavy atom. The predicted molar refractivity (Wildman–Crippen MR) is 140 cm³/mol. The molecule has 1 amide bonds. The van der Waals surface area contributed by atoms with Crippen LogP contribution in [0.15, 0.2) is 72.8 Å². The van der Waals surface area contributed by atoms with E-state index in [2.05, 4.69) is 0 Å². The summed E-state index contributed by atoms with van der Waals surface area (Å²) in [5.41, 5.74) is 3.08. The number of carboxylic acid groups (broad SMARTS) is 1. The van der Waals surface area contributed by atoms with Gasteiger partial charge in [0, 0.05) is 36.5 Å². The molecule has 3 aromatic carbocycles. The van der Waals surface area contributed by atoms with Crippen LogP contribution < -0.4 is 0 Å². The van der Waals surface area contributed by atoms with Crippen LogP contribution in [0.1, 0.15) is 46.3 Å². The van der Waals surface area contributed by atoms with E-state index in [1.54, 1.807) is 37.4 Å². The Morgan fingerprint density at radius 3 is 2.26 bits per heavy atom. The number of carboxylic acids is 1. The summed E-state index contributed by atoms with van der Waals surface area (Å²) < 4.78 is 52.0. The molecule has 0 saturated heterocycles. The van der Waals surface area contributed by atoms with Gasteiger partial charge in [0.05, 0.1) is 16.8 Å². The van der Waals surface area contributed by atoms with Crippen LogP contribution in [-0.4, -0.2) is 33.9 Å². The van der Waals surface area contributed by atoms with E-state index in [9.17, 15) is 27.2 Å². The first-order valence-corrected chi connectivity index (χ1v) is 12.3. The average molecular weight is 539 g/mol. The number of alkyl halides is 3. The molecule has 0 bridgehead atoms. The molecule has 0 saturated carbocycles. The van der Waals surface area contributed by atoms with E-state index in [-0.39, 0.29) is 24.7 Å². The van der Waals surface area contributed by atoms with Gasteiger partial charge in [-0.2, -0.15) is 13.2 Å². The molecule has 0 aliphatic rings. The third kappa shape index (κ3) is 6.98. The normalized spacial score (nSPS) is 11.5. The minimum absolute atomic E-state index is 0.0524. The number of carbonyl (C=O) groups excluding carboxylic acids is 1. The number of carbonyl (C=O) groups is 2. The zero-order valence-corrected chi connectivity index (χ0v) is 21.1. The van der Waals surface area contributed by atoms with Gasteiger partial charge in [-0.3, -0.25) is 9.59 Å². The lowest BCUT2D eigenvalue weighted by atomic mass is 9.98. The molecule has 9 heteroatoms. The summed E-state index contributed by atoms with van der Waals surface area (Å²) >= 11 is 0. The lowest BCUT2D eigenvalue weighted by Gasteiger charge is -2.18. The van der Waals surface area contributed by atoms with Crippen molar-refractivity contribution in [1.82, 2.24) is 9.88 Å². The number of pyridine rings is 1. The van der Waals surface area contributed by atoms with Crippen LogP contribution >= 0.6 is 0 Å². The Bertz CT molecular complexity index is 1480. The van der Waals surface area contributed by atoms with Crippen molar-refractivity contribution in [3.63, 3.8) is 0 Å². The first kappa shape index (κ1) is 27.8. The van der Waals surface area contributed by atoms with Crippen LogP contribution in [-0.2, 0) is 23.9 Å². The number of amides is 1. The SMILES string of the molecule is CN(Cc1ccc(C(F)(F)F)cc1)C(=O)c1ccc2nc(-c3ccc(F)cc3)c(CCCCC(=O)O)cc2c1. The average Bonchev–Trinajstić information content (AvgIpc) is 2.90. The standard InChI is InChI=1S/C30H26F4N2O3/c1-36(18-19-6-11-24(12-7-19)30(32,33)34)29(39)22-10-15-26-23(17-22)16-21(4-2-3-5-27(37)38)28(35-26)20-8-13-25(31)14-9-20/h6-17H,2-5,18H2,1H3,(H,37,38). The molecule has 0 fully saturated rings. The van der Waals surface area contributed by atoms with Crippen molar-refractivity contribution < 1.29 is 32.3 Å². The molecule has 0 spiro atoms. The molecule has 1 aromatic heterocycles. The zero-order valence-electron chi connectivity index (χ0n) is 21.1. The highest BCUT2D eigenvalue weighted by Crippen LogP contribution is 2.30. The van der Waals surface area contributed by atoms with Crippen molar-refractivity contribution >= 4 is 22.8 Å². The third-order valence-electron chi connectivity index (χ3n) is 6.39. The predicted octanol–water partition coefficient (Wildman–Crippen LogP) is 7.13. The molecule has 0 unspecified atom stereocenters. The second-order valence-electron chi connectivity index (χ2n) is 9.37. The fourth-order valence-electron chi connectivity index (χ4n) is 4.36. The van der Waals surface area contributed by atoms with Crippen molar-refractivity contribution in [2.45, 2.75) is 38.4 Å². The minimum atomic E-state index is -4.43. The summed E-state index contributed by atoms with van der Waals surface area (Å²) in [6.45, 7) is 0.131. The lowest BCUT2D eigenvalue weighted by molar-refractivity contribution is -0.138. The van der Waals surface area contributed by atoms with E-state index in [0.29, 0.717) is 47.0 Å². The maximum Gasteiger partial charge on any atom is 0.416 e. The number of hydrogen-bond donors (Lipinski definition) is 1. The van der Waals surface area contributed by atoms with Crippen LogP contribution in [0.5, 0.6) is 0 Å². The Morgan fingerprint density at radius 1 is 0.923 bits per heavy atom.